The van der Waals surface area contributed by atoms with Gasteiger partial charge >= 0.3 is 12.1 Å². The number of benzene rings is 9. The Morgan fingerprint density at radius 2 is 0.640 bits per heavy atom. The van der Waals surface area contributed by atoms with Crippen molar-refractivity contribution < 1.29 is 23.8 Å². The molecule has 0 spiro atoms. The highest BCUT2D eigenvalue weighted by Crippen LogP contribution is 2.54. The second-order valence-electron chi connectivity index (χ2n) is 18.6. The van der Waals surface area contributed by atoms with Gasteiger partial charge in [0.2, 0.25) is 0 Å². The van der Waals surface area contributed by atoms with Crippen molar-refractivity contribution in [3.63, 3.8) is 0 Å². The number of anilines is 9. The maximum absolute atomic E-state index is 11.7. The van der Waals surface area contributed by atoms with E-state index in [-0.39, 0.29) is 5.97 Å². The fourth-order valence-corrected chi connectivity index (χ4v) is 12.9. The van der Waals surface area contributed by atoms with Crippen molar-refractivity contribution in [1.82, 2.24) is 0 Å². The monoisotopic (exact) mass is 1040 g/mol. The summed E-state index contributed by atoms with van der Waals surface area (Å²) in [4.78, 5) is 37.5. The Hall–Kier alpha value is -7.83. The van der Waals surface area contributed by atoms with Crippen LogP contribution in [0, 0.1) is 41.5 Å². The summed E-state index contributed by atoms with van der Waals surface area (Å²) in [6.45, 7) is 12.7. The smallest absolute Gasteiger partial charge is 0.465 e. The van der Waals surface area contributed by atoms with Gasteiger partial charge in [-0.25, -0.2) is 9.59 Å². The van der Waals surface area contributed by atoms with Crippen molar-refractivity contribution in [2.75, 3.05) is 28.9 Å². The van der Waals surface area contributed by atoms with Gasteiger partial charge in [0.1, 0.15) is 5.75 Å². The minimum atomic E-state index is -0.723. The summed E-state index contributed by atoms with van der Waals surface area (Å²) >= 11 is 5.47. The van der Waals surface area contributed by atoms with Gasteiger partial charge in [-0.2, -0.15) is 0 Å². The molecule has 0 aromatic heterocycles. The first-order valence-electron chi connectivity index (χ1n) is 24.5. The molecular weight excluding hydrogens is 987 g/mol. The van der Waals surface area contributed by atoms with E-state index >= 15 is 0 Å². The van der Waals surface area contributed by atoms with Gasteiger partial charge < -0.3 is 28.9 Å². The number of ether oxygens (including phenoxy) is 3. The Labute approximate surface area is 452 Å². The second-order valence-corrected chi connectivity index (χ2v) is 21.8. The highest BCUT2D eigenvalue weighted by atomic mass is 32.2. The summed E-state index contributed by atoms with van der Waals surface area (Å²) in [5.41, 5.74) is 18.5. The van der Waals surface area contributed by atoms with Crippen LogP contribution < -0.4 is 19.4 Å². The van der Waals surface area contributed by atoms with Crippen LogP contribution in [-0.4, -0.2) is 26.3 Å². The summed E-state index contributed by atoms with van der Waals surface area (Å²) in [5.74, 6) is 0.128. The molecule has 0 saturated carbocycles. The second kappa shape index (κ2) is 21.9. The van der Waals surface area contributed by atoms with Gasteiger partial charge in [0.05, 0.1) is 53.9 Å². The molecule has 9 aromatic rings. The fraction of sp³-hybridized carbons (Fsp3) is 0.125. The number of carbonyl (C=O) groups excluding carboxylic acids is 2. The average molecular weight is 1040 g/mol. The topological polar surface area (TPSA) is 71.5 Å². The molecule has 0 amide bonds. The minimum Gasteiger partial charge on any atom is -0.465 e. The molecular formula is C64H55N3O5S3. The minimum absolute atomic E-state index is 0.321. The van der Waals surface area contributed by atoms with Crippen molar-refractivity contribution in [1.29, 1.82) is 0 Å². The van der Waals surface area contributed by atoms with Gasteiger partial charge in [-0.1, -0.05) is 89.9 Å². The zero-order valence-corrected chi connectivity index (χ0v) is 45.5. The first-order chi connectivity index (χ1) is 36.3. The molecule has 75 heavy (non-hydrogen) atoms. The number of methoxy groups -OCH3 is 2. The number of hydrogen-bond donors (Lipinski definition) is 0. The summed E-state index contributed by atoms with van der Waals surface area (Å²) < 4.78 is 14.4. The van der Waals surface area contributed by atoms with Crippen LogP contribution in [0.25, 0.3) is 0 Å². The van der Waals surface area contributed by atoms with E-state index in [0.29, 0.717) is 11.3 Å². The van der Waals surface area contributed by atoms with E-state index in [1.165, 1.54) is 94.0 Å². The molecule has 3 heterocycles. The molecule has 3 aliphatic heterocycles. The molecule has 0 saturated heterocycles. The fourth-order valence-electron chi connectivity index (χ4n) is 9.15. The molecule has 0 radical (unpaired) electrons. The van der Waals surface area contributed by atoms with Crippen molar-refractivity contribution in [3.05, 3.63) is 227 Å². The third kappa shape index (κ3) is 10.9. The molecule has 8 nitrogen and oxygen atoms in total. The first-order valence-corrected chi connectivity index (χ1v) is 27.0. The lowest BCUT2D eigenvalue weighted by Crippen LogP contribution is -2.15. The van der Waals surface area contributed by atoms with Gasteiger partial charge in [-0.15, -0.1) is 0 Å². The van der Waals surface area contributed by atoms with E-state index in [1.54, 1.807) is 35.7 Å². The summed E-state index contributed by atoms with van der Waals surface area (Å²) in [7, 11) is 2.69. The number of carbonyl (C=O) groups is 2. The zero-order chi connectivity index (χ0) is 52.3. The Kier molecular flexibility index (Phi) is 14.8. The van der Waals surface area contributed by atoms with Crippen molar-refractivity contribution in [2.45, 2.75) is 70.9 Å². The van der Waals surface area contributed by atoms with Crippen LogP contribution in [0.15, 0.2) is 217 Å². The van der Waals surface area contributed by atoms with E-state index in [2.05, 4.69) is 201 Å². The lowest BCUT2D eigenvalue weighted by atomic mass is 10.1. The molecule has 9 aromatic carbocycles. The number of rotatable bonds is 5. The number of para-hydroxylation sites is 1. The van der Waals surface area contributed by atoms with Gasteiger partial charge in [0.25, 0.3) is 0 Å². The van der Waals surface area contributed by atoms with Crippen molar-refractivity contribution >= 4 is 98.6 Å². The Morgan fingerprint density at radius 3 is 0.933 bits per heavy atom. The van der Waals surface area contributed by atoms with Gasteiger partial charge in [-0.05, 0) is 208 Å². The molecule has 0 unspecified atom stereocenters. The first kappa shape index (κ1) is 50.7. The van der Waals surface area contributed by atoms with E-state index in [9.17, 15) is 9.59 Å². The molecule has 11 heteroatoms. The number of nitrogens with zero attached hydrogens (tertiary/aromatic N) is 3. The molecule has 0 aliphatic carbocycles. The van der Waals surface area contributed by atoms with Gasteiger partial charge in [0.15, 0.2) is 0 Å². The van der Waals surface area contributed by atoms with Crippen LogP contribution >= 0.6 is 35.3 Å². The Morgan fingerprint density at radius 1 is 0.347 bits per heavy atom. The van der Waals surface area contributed by atoms with E-state index in [1.807, 2.05) is 48.2 Å². The normalized spacial score (nSPS) is 12.4. The maximum Gasteiger partial charge on any atom is 0.513 e. The predicted octanol–water partition coefficient (Wildman–Crippen LogP) is 18.6. The maximum atomic E-state index is 11.7. The molecule has 12 rings (SSSR count). The summed E-state index contributed by atoms with van der Waals surface area (Å²) in [5, 5.41) is 0. The van der Waals surface area contributed by atoms with Crippen LogP contribution in [0.2, 0.25) is 0 Å². The summed E-state index contributed by atoms with van der Waals surface area (Å²) in [6, 6.07) is 65.0. The quantitative estimate of drug-likeness (QED) is 0.122. The number of aryl methyl sites for hydroxylation is 6. The lowest BCUT2D eigenvalue weighted by molar-refractivity contribution is 0.0600. The highest BCUT2D eigenvalue weighted by molar-refractivity contribution is 8.00. The Bertz CT molecular complexity index is 3450. The highest BCUT2D eigenvalue weighted by Gasteiger charge is 2.28. The zero-order valence-electron chi connectivity index (χ0n) is 43.0. The molecule has 0 atom stereocenters. The third-order valence-corrected chi connectivity index (χ3v) is 16.1. The van der Waals surface area contributed by atoms with Crippen LogP contribution in [0.4, 0.5) is 56.0 Å². The van der Waals surface area contributed by atoms with E-state index < -0.39 is 6.16 Å². The molecule has 374 valence electrons. The van der Waals surface area contributed by atoms with Crippen LogP contribution in [0.5, 0.6) is 5.75 Å². The largest absolute Gasteiger partial charge is 0.513 e. The van der Waals surface area contributed by atoms with Crippen LogP contribution in [-0.2, 0) is 9.47 Å². The number of fused-ring (bicyclic) bond motifs is 6. The molecule has 0 fully saturated rings. The van der Waals surface area contributed by atoms with Gasteiger partial charge in [0, 0.05) is 46.4 Å². The number of hydrogen-bond acceptors (Lipinski definition) is 11. The molecule has 3 aliphatic rings. The average Bonchev–Trinajstić information content (AvgIpc) is 3.42. The lowest BCUT2D eigenvalue weighted by Gasteiger charge is -2.33. The number of esters is 1. The van der Waals surface area contributed by atoms with Gasteiger partial charge in [-0.3, -0.25) is 0 Å². The van der Waals surface area contributed by atoms with E-state index in [0.717, 1.165) is 34.1 Å². The molecule has 0 bridgehead atoms. The summed E-state index contributed by atoms with van der Waals surface area (Å²) in [6.07, 6.45) is -0.723. The van der Waals surface area contributed by atoms with Crippen LogP contribution in [0.3, 0.4) is 0 Å². The standard InChI is InChI=1S/C22H19NO3S.C22H19NO2S.C20H17NS/c1-14-4-10-18-20(12-14)27-21-13-15(2)5-11-19(21)23(18)16-6-8-17(9-7-16)26-22(24)25-3;1-14-4-10-18-20(12-14)26-21-13-15(2)5-11-19(21)23(18)17-8-6-16(7-9-17)22(24)25-3;1-14-8-10-17-19(12-14)22-20-13-15(2)9-11-18(20)21(17)16-6-4-3-5-7-16/h4-13H,1-3H3;4-13H,1-3H3;3-13H,1-2H3. The third-order valence-electron chi connectivity index (χ3n) is 12.8. The molecule has 0 N–H and O–H groups in total. The SMILES string of the molecule is COC(=O)Oc1ccc(N2c3ccc(C)cc3Sc3cc(C)ccc32)cc1.COC(=O)c1ccc(N2c3ccc(C)cc3Sc3cc(C)ccc32)cc1.Cc1ccc2c(c1)Sc1cc(C)ccc1N2c1ccccc1. The Balaban J connectivity index is 0.000000129. The van der Waals surface area contributed by atoms with Crippen molar-refractivity contribution in [3.8, 4) is 5.75 Å². The predicted molar refractivity (Wildman–Crippen MR) is 309 cm³/mol. The van der Waals surface area contributed by atoms with Crippen LogP contribution in [0.1, 0.15) is 43.7 Å². The van der Waals surface area contributed by atoms with E-state index in [4.69, 9.17) is 9.47 Å². The van der Waals surface area contributed by atoms with Crippen molar-refractivity contribution in [2.24, 2.45) is 0 Å².